The number of ether oxygens (including phenoxy) is 1. The van der Waals surface area contributed by atoms with Crippen molar-refractivity contribution in [1.29, 1.82) is 0 Å². The Hall–Kier alpha value is -3.86. The summed E-state index contributed by atoms with van der Waals surface area (Å²) in [7, 11) is 0. The van der Waals surface area contributed by atoms with Crippen molar-refractivity contribution in [2.45, 2.75) is 46.6 Å². The lowest BCUT2D eigenvalue weighted by Crippen LogP contribution is -2.33. The molecule has 4 rings (SSSR count). The number of fused-ring (bicyclic) bond motifs is 1. The van der Waals surface area contributed by atoms with Crippen molar-refractivity contribution in [1.82, 2.24) is 4.98 Å². The molecule has 1 amide bonds. The van der Waals surface area contributed by atoms with Crippen molar-refractivity contribution in [2.75, 3.05) is 11.5 Å². The lowest BCUT2D eigenvalue weighted by Gasteiger charge is -2.24. The van der Waals surface area contributed by atoms with E-state index in [9.17, 15) is 9.59 Å². The third-order valence-electron chi connectivity index (χ3n) is 6.20. The SMILES string of the molecule is CCOc1ccc(N(Cc2cc3cccc(C)c3[nH]c2=O)C(=O)c2ccc(C(C)(C)C)cc2)cc1. The number of benzene rings is 3. The van der Waals surface area contributed by atoms with Crippen LogP contribution in [0.2, 0.25) is 0 Å². The van der Waals surface area contributed by atoms with Crippen LogP contribution in [-0.4, -0.2) is 17.5 Å². The molecule has 5 heteroatoms. The van der Waals surface area contributed by atoms with Crippen molar-refractivity contribution in [2.24, 2.45) is 0 Å². The van der Waals surface area contributed by atoms with Crippen molar-refractivity contribution in [3.63, 3.8) is 0 Å². The van der Waals surface area contributed by atoms with Gasteiger partial charge < -0.3 is 14.6 Å². The van der Waals surface area contributed by atoms with Crippen LogP contribution in [0.25, 0.3) is 10.9 Å². The fraction of sp³-hybridized carbons (Fsp3) is 0.267. The van der Waals surface area contributed by atoms with E-state index in [2.05, 4.69) is 25.8 Å². The number of rotatable bonds is 6. The predicted octanol–water partition coefficient (Wildman–Crippen LogP) is 6.38. The third-order valence-corrected chi connectivity index (χ3v) is 6.20. The number of anilines is 1. The summed E-state index contributed by atoms with van der Waals surface area (Å²) in [6, 6.07) is 22.9. The van der Waals surface area contributed by atoms with Crippen LogP contribution in [0.15, 0.2) is 77.6 Å². The first kappa shape index (κ1) is 24.3. The number of aryl methyl sites for hydroxylation is 1. The molecule has 3 aromatic carbocycles. The van der Waals surface area contributed by atoms with Crippen LogP contribution in [0.5, 0.6) is 5.75 Å². The summed E-state index contributed by atoms with van der Waals surface area (Å²) in [6.45, 7) is 11.0. The van der Waals surface area contributed by atoms with E-state index in [0.717, 1.165) is 27.8 Å². The number of amides is 1. The molecule has 0 atom stereocenters. The number of carbonyl (C=O) groups is 1. The first-order valence-electron chi connectivity index (χ1n) is 11.9. The third kappa shape index (κ3) is 5.29. The van der Waals surface area contributed by atoms with E-state index in [1.165, 1.54) is 0 Å². The van der Waals surface area contributed by atoms with Crippen molar-refractivity contribution < 1.29 is 9.53 Å². The second kappa shape index (κ2) is 9.79. The van der Waals surface area contributed by atoms with Gasteiger partial charge in [0, 0.05) is 16.8 Å². The van der Waals surface area contributed by atoms with Gasteiger partial charge in [-0.15, -0.1) is 0 Å². The molecule has 35 heavy (non-hydrogen) atoms. The molecule has 5 nitrogen and oxygen atoms in total. The van der Waals surface area contributed by atoms with Crippen molar-refractivity contribution >= 4 is 22.5 Å². The minimum Gasteiger partial charge on any atom is -0.494 e. The molecule has 0 radical (unpaired) electrons. The fourth-order valence-corrected chi connectivity index (χ4v) is 4.15. The summed E-state index contributed by atoms with van der Waals surface area (Å²) < 4.78 is 5.57. The highest BCUT2D eigenvalue weighted by Crippen LogP contribution is 2.26. The monoisotopic (exact) mass is 468 g/mol. The minimum atomic E-state index is -0.196. The van der Waals surface area contributed by atoms with Crippen molar-refractivity contribution in [3.8, 4) is 5.75 Å². The Labute approximate surface area is 206 Å². The van der Waals surface area contributed by atoms with E-state index in [4.69, 9.17) is 4.74 Å². The summed E-state index contributed by atoms with van der Waals surface area (Å²) in [6.07, 6.45) is 0. The molecule has 0 aliphatic rings. The van der Waals surface area contributed by atoms with Gasteiger partial charge in [0.05, 0.1) is 18.7 Å². The second-order valence-corrected chi connectivity index (χ2v) is 9.81. The highest BCUT2D eigenvalue weighted by Gasteiger charge is 2.21. The van der Waals surface area contributed by atoms with Gasteiger partial charge in [-0.25, -0.2) is 0 Å². The molecular weight excluding hydrogens is 436 g/mol. The number of carbonyl (C=O) groups excluding carboxylic acids is 1. The summed E-state index contributed by atoms with van der Waals surface area (Å²) in [5, 5.41) is 0.938. The maximum absolute atomic E-state index is 13.7. The van der Waals surface area contributed by atoms with Crippen LogP contribution in [0.3, 0.4) is 0 Å². The van der Waals surface area contributed by atoms with E-state index in [1.807, 2.05) is 86.6 Å². The number of nitrogens with one attached hydrogen (secondary N) is 1. The highest BCUT2D eigenvalue weighted by molar-refractivity contribution is 6.06. The number of nitrogens with zero attached hydrogens (tertiary/aromatic N) is 1. The fourth-order valence-electron chi connectivity index (χ4n) is 4.15. The van der Waals surface area contributed by atoms with Crippen LogP contribution in [-0.2, 0) is 12.0 Å². The minimum absolute atomic E-state index is 0.00705. The van der Waals surface area contributed by atoms with E-state index in [0.29, 0.717) is 23.4 Å². The maximum atomic E-state index is 13.7. The highest BCUT2D eigenvalue weighted by atomic mass is 16.5. The van der Waals surface area contributed by atoms with Gasteiger partial charge in [0.1, 0.15) is 5.75 Å². The smallest absolute Gasteiger partial charge is 0.258 e. The van der Waals surface area contributed by atoms with Gasteiger partial charge in [-0.1, -0.05) is 51.1 Å². The lowest BCUT2D eigenvalue weighted by molar-refractivity contribution is 0.0985. The lowest BCUT2D eigenvalue weighted by atomic mass is 9.86. The normalized spacial score (nSPS) is 11.5. The first-order valence-corrected chi connectivity index (χ1v) is 11.9. The molecule has 180 valence electrons. The number of pyridine rings is 1. The Morgan fingerprint density at radius 2 is 1.66 bits per heavy atom. The number of hydrogen-bond donors (Lipinski definition) is 1. The van der Waals surface area contributed by atoms with Crippen LogP contribution in [0, 0.1) is 6.92 Å². The van der Waals surface area contributed by atoms with Gasteiger partial charge in [-0.2, -0.15) is 0 Å². The Bertz CT molecular complexity index is 1400. The molecular formula is C30H32N2O3. The molecule has 0 unspecified atom stereocenters. The summed E-state index contributed by atoms with van der Waals surface area (Å²) in [4.78, 5) is 31.4. The van der Waals surface area contributed by atoms with Crippen LogP contribution in [0.4, 0.5) is 5.69 Å². The molecule has 0 aliphatic heterocycles. The largest absolute Gasteiger partial charge is 0.494 e. The zero-order valence-corrected chi connectivity index (χ0v) is 21.0. The standard InChI is InChI=1S/C30H32N2O3/c1-6-35-26-16-14-25(15-17-26)32(29(34)21-10-12-24(13-11-21)30(3,4)5)19-23-18-22-9-7-8-20(2)27(22)31-28(23)33/h7-18H,6,19H2,1-5H3,(H,31,33). The van der Waals surface area contributed by atoms with Crippen LogP contribution < -0.4 is 15.2 Å². The number of aromatic nitrogens is 1. The van der Waals surface area contributed by atoms with Gasteiger partial charge in [0.25, 0.3) is 11.5 Å². The Morgan fingerprint density at radius 3 is 2.29 bits per heavy atom. The topological polar surface area (TPSA) is 62.4 Å². The summed E-state index contributed by atoms with van der Waals surface area (Å²) in [5.74, 6) is 0.565. The number of aromatic amines is 1. The molecule has 4 aromatic rings. The molecule has 0 fully saturated rings. The Kier molecular flexibility index (Phi) is 6.79. The zero-order valence-electron chi connectivity index (χ0n) is 21.0. The molecule has 0 saturated carbocycles. The first-order chi connectivity index (χ1) is 16.7. The predicted molar refractivity (Wildman–Crippen MR) is 143 cm³/mol. The molecule has 0 aliphatic carbocycles. The van der Waals surface area contributed by atoms with Crippen LogP contribution >= 0.6 is 0 Å². The van der Waals surface area contributed by atoms with Gasteiger partial charge in [0.15, 0.2) is 0 Å². The molecule has 0 saturated heterocycles. The number of H-pyrrole nitrogens is 1. The molecule has 1 N–H and O–H groups in total. The summed E-state index contributed by atoms with van der Waals surface area (Å²) in [5.41, 5.74) is 4.56. The molecule has 0 spiro atoms. The second-order valence-electron chi connectivity index (χ2n) is 9.81. The van der Waals surface area contributed by atoms with E-state index < -0.39 is 0 Å². The van der Waals surface area contributed by atoms with E-state index in [-0.39, 0.29) is 23.4 Å². The average molecular weight is 469 g/mol. The van der Waals surface area contributed by atoms with Gasteiger partial charge in [-0.3, -0.25) is 9.59 Å². The summed E-state index contributed by atoms with van der Waals surface area (Å²) >= 11 is 0. The quantitative estimate of drug-likeness (QED) is 0.357. The Morgan fingerprint density at radius 1 is 0.971 bits per heavy atom. The van der Waals surface area contributed by atoms with Gasteiger partial charge in [0.2, 0.25) is 0 Å². The van der Waals surface area contributed by atoms with E-state index in [1.54, 1.807) is 4.90 Å². The molecule has 1 aromatic heterocycles. The molecule has 0 bridgehead atoms. The zero-order chi connectivity index (χ0) is 25.2. The van der Waals surface area contributed by atoms with Gasteiger partial charge >= 0.3 is 0 Å². The Balaban J connectivity index is 1.74. The number of hydrogen-bond acceptors (Lipinski definition) is 3. The molecule has 1 heterocycles. The van der Waals surface area contributed by atoms with Gasteiger partial charge in [-0.05, 0) is 78.2 Å². The maximum Gasteiger partial charge on any atom is 0.258 e. The number of para-hydroxylation sites is 1. The van der Waals surface area contributed by atoms with Crippen molar-refractivity contribution in [3.05, 3.63) is 105 Å². The van der Waals surface area contributed by atoms with E-state index >= 15 is 0 Å². The van der Waals surface area contributed by atoms with Crippen LogP contribution in [0.1, 0.15) is 54.7 Å². The average Bonchev–Trinajstić information content (AvgIpc) is 2.83.